The number of benzene rings is 1. The summed E-state index contributed by atoms with van der Waals surface area (Å²) in [4.78, 5) is 0. The summed E-state index contributed by atoms with van der Waals surface area (Å²) in [6.07, 6.45) is 0. The van der Waals surface area contributed by atoms with Crippen molar-refractivity contribution < 1.29 is 9.13 Å². The molecule has 0 heterocycles. The van der Waals surface area contributed by atoms with Crippen molar-refractivity contribution in [3.63, 3.8) is 0 Å². The van der Waals surface area contributed by atoms with Gasteiger partial charge in [-0.05, 0) is 25.5 Å². The summed E-state index contributed by atoms with van der Waals surface area (Å²) in [7, 11) is 0. The zero-order valence-electron chi connectivity index (χ0n) is 7.43. The van der Waals surface area contributed by atoms with Crippen LogP contribution in [0.2, 0.25) is 0 Å². The quantitative estimate of drug-likeness (QED) is 0.674. The predicted molar refractivity (Wildman–Crippen MR) is 46.5 cm³/mol. The number of aryl methyl sites for hydroxylation is 1. The van der Waals surface area contributed by atoms with Crippen LogP contribution in [0.4, 0.5) is 4.39 Å². The van der Waals surface area contributed by atoms with Crippen molar-refractivity contribution >= 4 is 0 Å². The summed E-state index contributed by atoms with van der Waals surface area (Å²) in [6, 6.07) is 5.05. The van der Waals surface area contributed by atoms with Crippen LogP contribution in [0.25, 0.3) is 0 Å². The van der Waals surface area contributed by atoms with Gasteiger partial charge in [0.2, 0.25) is 0 Å². The van der Waals surface area contributed by atoms with Crippen molar-refractivity contribution in [3.05, 3.63) is 35.1 Å². The molecule has 0 spiro atoms. The van der Waals surface area contributed by atoms with E-state index in [0.717, 1.165) is 5.56 Å². The van der Waals surface area contributed by atoms with Crippen LogP contribution >= 0.6 is 0 Å². The highest BCUT2D eigenvalue weighted by Crippen LogP contribution is 2.13. The molecule has 0 aliphatic heterocycles. The van der Waals surface area contributed by atoms with Crippen LogP contribution < -0.4 is 0 Å². The lowest BCUT2D eigenvalue weighted by atomic mass is 10.1. The predicted octanol–water partition coefficient (Wildman–Crippen LogP) is 2.67. The van der Waals surface area contributed by atoms with Crippen LogP contribution in [0.15, 0.2) is 18.2 Å². The molecule has 1 nitrogen and oxygen atoms in total. The number of ether oxygens (including phenoxy) is 1. The summed E-state index contributed by atoms with van der Waals surface area (Å²) < 4.78 is 18.2. The van der Waals surface area contributed by atoms with E-state index in [2.05, 4.69) is 0 Å². The number of rotatable bonds is 3. The molecule has 66 valence electrons. The van der Waals surface area contributed by atoms with E-state index in [4.69, 9.17) is 4.74 Å². The molecule has 1 aromatic rings. The zero-order valence-corrected chi connectivity index (χ0v) is 7.43. The van der Waals surface area contributed by atoms with Gasteiger partial charge in [-0.3, -0.25) is 0 Å². The average Bonchev–Trinajstić information content (AvgIpc) is 2.04. The highest BCUT2D eigenvalue weighted by molar-refractivity contribution is 5.26. The van der Waals surface area contributed by atoms with E-state index < -0.39 is 0 Å². The van der Waals surface area contributed by atoms with Gasteiger partial charge in [0, 0.05) is 12.2 Å². The van der Waals surface area contributed by atoms with E-state index in [1.165, 1.54) is 6.07 Å². The lowest BCUT2D eigenvalue weighted by Crippen LogP contribution is -1.98. The van der Waals surface area contributed by atoms with Gasteiger partial charge in [0.15, 0.2) is 0 Å². The molecule has 0 saturated heterocycles. The van der Waals surface area contributed by atoms with Gasteiger partial charge >= 0.3 is 0 Å². The van der Waals surface area contributed by atoms with Crippen LogP contribution in [-0.4, -0.2) is 6.61 Å². The highest BCUT2D eigenvalue weighted by atomic mass is 19.1. The monoisotopic (exact) mass is 168 g/mol. The fourth-order valence-electron chi connectivity index (χ4n) is 1.05. The Morgan fingerprint density at radius 3 is 2.75 bits per heavy atom. The van der Waals surface area contributed by atoms with Crippen molar-refractivity contribution in [2.45, 2.75) is 20.5 Å². The molecule has 0 unspecified atom stereocenters. The summed E-state index contributed by atoms with van der Waals surface area (Å²) in [6.45, 7) is 4.77. The third-order valence-electron chi connectivity index (χ3n) is 1.80. The van der Waals surface area contributed by atoms with Gasteiger partial charge in [0.25, 0.3) is 0 Å². The SMILES string of the molecule is CCOCc1c(C)cccc1F. The Kier molecular flexibility index (Phi) is 3.23. The molecule has 1 aromatic carbocycles. The van der Waals surface area contributed by atoms with Gasteiger partial charge in [0.05, 0.1) is 6.61 Å². The lowest BCUT2D eigenvalue weighted by molar-refractivity contribution is 0.131. The average molecular weight is 168 g/mol. The summed E-state index contributed by atoms with van der Waals surface area (Å²) >= 11 is 0. The molecular formula is C10H13FO. The number of halogens is 1. The second-order valence-electron chi connectivity index (χ2n) is 2.67. The highest BCUT2D eigenvalue weighted by Gasteiger charge is 2.03. The molecule has 0 radical (unpaired) electrons. The molecule has 0 aliphatic rings. The Labute approximate surface area is 72.2 Å². The van der Waals surface area contributed by atoms with Gasteiger partial charge in [-0.25, -0.2) is 4.39 Å². The Bertz CT molecular complexity index is 238. The second kappa shape index (κ2) is 4.21. The van der Waals surface area contributed by atoms with E-state index in [9.17, 15) is 4.39 Å². The molecule has 0 fully saturated rings. The van der Waals surface area contributed by atoms with Gasteiger partial charge in [-0.2, -0.15) is 0 Å². The molecule has 0 bridgehead atoms. The van der Waals surface area contributed by atoms with Crippen molar-refractivity contribution in [1.29, 1.82) is 0 Å². The Morgan fingerprint density at radius 1 is 1.42 bits per heavy atom. The van der Waals surface area contributed by atoms with Crippen LogP contribution in [-0.2, 0) is 11.3 Å². The van der Waals surface area contributed by atoms with Crippen molar-refractivity contribution in [2.24, 2.45) is 0 Å². The molecular weight excluding hydrogens is 155 g/mol. The zero-order chi connectivity index (χ0) is 8.97. The molecule has 0 aliphatic carbocycles. The van der Waals surface area contributed by atoms with Gasteiger partial charge < -0.3 is 4.74 Å². The molecule has 0 saturated carbocycles. The van der Waals surface area contributed by atoms with Crippen LogP contribution in [0.3, 0.4) is 0 Å². The molecule has 12 heavy (non-hydrogen) atoms. The van der Waals surface area contributed by atoms with Crippen LogP contribution in [0.1, 0.15) is 18.1 Å². The second-order valence-corrected chi connectivity index (χ2v) is 2.67. The lowest BCUT2D eigenvalue weighted by Gasteiger charge is -2.06. The minimum absolute atomic E-state index is 0.177. The maximum Gasteiger partial charge on any atom is 0.128 e. The topological polar surface area (TPSA) is 9.23 Å². The molecule has 0 aromatic heterocycles. The first kappa shape index (κ1) is 9.20. The fourth-order valence-corrected chi connectivity index (χ4v) is 1.05. The summed E-state index contributed by atoms with van der Waals surface area (Å²) in [5.74, 6) is -0.177. The minimum Gasteiger partial charge on any atom is -0.377 e. The number of hydrogen-bond donors (Lipinski definition) is 0. The molecule has 0 atom stereocenters. The van der Waals surface area contributed by atoms with E-state index in [1.54, 1.807) is 6.07 Å². The third kappa shape index (κ3) is 2.05. The maximum atomic E-state index is 13.1. The first-order valence-electron chi connectivity index (χ1n) is 4.07. The summed E-state index contributed by atoms with van der Waals surface area (Å²) in [5.41, 5.74) is 1.61. The van der Waals surface area contributed by atoms with Gasteiger partial charge in [-0.1, -0.05) is 12.1 Å². The molecule has 0 amide bonds. The first-order chi connectivity index (χ1) is 5.75. The standard InChI is InChI=1S/C10H13FO/c1-3-12-7-9-8(2)5-4-6-10(9)11/h4-6H,3,7H2,1-2H3. The summed E-state index contributed by atoms with van der Waals surface area (Å²) in [5, 5.41) is 0. The van der Waals surface area contributed by atoms with E-state index in [-0.39, 0.29) is 5.82 Å². The molecule has 1 rings (SSSR count). The Balaban J connectivity index is 2.81. The minimum atomic E-state index is -0.177. The third-order valence-corrected chi connectivity index (χ3v) is 1.80. The van der Waals surface area contributed by atoms with Crippen LogP contribution in [0.5, 0.6) is 0 Å². The normalized spacial score (nSPS) is 10.2. The van der Waals surface area contributed by atoms with E-state index in [1.807, 2.05) is 19.9 Å². The Morgan fingerprint density at radius 2 is 2.17 bits per heavy atom. The van der Waals surface area contributed by atoms with E-state index in [0.29, 0.717) is 18.8 Å². The van der Waals surface area contributed by atoms with E-state index >= 15 is 0 Å². The fraction of sp³-hybridized carbons (Fsp3) is 0.400. The molecule has 0 N–H and O–H groups in total. The van der Waals surface area contributed by atoms with Gasteiger partial charge in [-0.15, -0.1) is 0 Å². The maximum absolute atomic E-state index is 13.1. The van der Waals surface area contributed by atoms with Crippen molar-refractivity contribution in [3.8, 4) is 0 Å². The Hall–Kier alpha value is -0.890. The van der Waals surface area contributed by atoms with Gasteiger partial charge in [0.1, 0.15) is 5.82 Å². The molecule has 2 heteroatoms. The first-order valence-corrected chi connectivity index (χ1v) is 4.07. The largest absolute Gasteiger partial charge is 0.377 e. The smallest absolute Gasteiger partial charge is 0.128 e. The van der Waals surface area contributed by atoms with Crippen LogP contribution in [0, 0.1) is 12.7 Å². The van der Waals surface area contributed by atoms with Crippen molar-refractivity contribution in [1.82, 2.24) is 0 Å². The number of hydrogen-bond acceptors (Lipinski definition) is 1. The van der Waals surface area contributed by atoms with Crippen molar-refractivity contribution in [2.75, 3.05) is 6.61 Å².